The van der Waals surface area contributed by atoms with Gasteiger partial charge in [0.25, 0.3) is 5.91 Å². The lowest BCUT2D eigenvalue weighted by molar-refractivity contribution is -0.137. The van der Waals surface area contributed by atoms with Gasteiger partial charge < -0.3 is 15.0 Å². The Kier molecular flexibility index (Phi) is 7.26. The lowest BCUT2D eigenvalue weighted by Crippen LogP contribution is -2.46. The maximum absolute atomic E-state index is 13.1. The number of likely N-dealkylation sites (tertiary alicyclic amines) is 1. The minimum Gasteiger partial charge on any atom is -0.484 e. The van der Waals surface area contributed by atoms with Crippen LogP contribution in [0.4, 0.5) is 4.39 Å². The first kappa shape index (κ1) is 20.5. The Labute approximate surface area is 158 Å². The molecule has 2 amide bonds. The molecule has 26 heavy (non-hydrogen) atoms. The van der Waals surface area contributed by atoms with Gasteiger partial charge in [-0.15, -0.1) is 0 Å². The third-order valence-electron chi connectivity index (χ3n) is 4.84. The Morgan fingerprint density at radius 1 is 1.31 bits per heavy atom. The average Bonchev–Trinajstić information content (AvgIpc) is 2.62. The Morgan fingerprint density at radius 3 is 2.54 bits per heavy atom. The summed E-state index contributed by atoms with van der Waals surface area (Å²) in [5.41, 5.74) is 0. The summed E-state index contributed by atoms with van der Waals surface area (Å²) in [4.78, 5) is 26.2. The van der Waals surface area contributed by atoms with E-state index in [9.17, 15) is 14.0 Å². The normalized spacial score (nSPS) is 16.5. The van der Waals surface area contributed by atoms with Crippen molar-refractivity contribution in [2.75, 3.05) is 19.7 Å². The van der Waals surface area contributed by atoms with Crippen LogP contribution in [0.15, 0.2) is 18.2 Å². The number of nitrogens with zero attached hydrogens (tertiary/aromatic N) is 1. The van der Waals surface area contributed by atoms with E-state index in [0.717, 1.165) is 0 Å². The van der Waals surface area contributed by atoms with E-state index in [2.05, 4.69) is 19.2 Å². The molecule has 1 saturated heterocycles. The SMILES string of the molecule is CC(C)C(C)NC(=O)C1CCN(C(=O)COc2ccc(F)c(Cl)c2)CC1. The standard InChI is InChI=1S/C19H26ClFN2O3/c1-12(2)13(3)22-19(25)14-6-8-23(9-7-14)18(24)11-26-15-4-5-17(21)16(20)10-15/h4-5,10,12-14H,6-9,11H2,1-3H3,(H,22,25). The van der Waals surface area contributed by atoms with Crippen molar-refractivity contribution in [3.63, 3.8) is 0 Å². The van der Waals surface area contributed by atoms with Gasteiger partial charge >= 0.3 is 0 Å². The van der Waals surface area contributed by atoms with Gasteiger partial charge in [0.05, 0.1) is 5.02 Å². The molecule has 1 aliphatic rings. The molecular formula is C19H26ClFN2O3. The highest BCUT2D eigenvalue weighted by Gasteiger charge is 2.28. The highest BCUT2D eigenvalue weighted by atomic mass is 35.5. The maximum Gasteiger partial charge on any atom is 0.260 e. The van der Waals surface area contributed by atoms with Crippen LogP contribution in [0.2, 0.25) is 5.02 Å². The van der Waals surface area contributed by atoms with Crippen molar-refractivity contribution in [3.8, 4) is 5.75 Å². The number of ether oxygens (including phenoxy) is 1. The van der Waals surface area contributed by atoms with Gasteiger partial charge in [0.15, 0.2) is 6.61 Å². The van der Waals surface area contributed by atoms with Gasteiger partial charge in [0.2, 0.25) is 5.91 Å². The van der Waals surface area contributed by atoms with E-state index in [1.807, 2.05) is 6.92 Å². The Hall–Kier alpha value is -1.82. The summed E-state index contributed by atoms with van der Waals surface area (Å²) in [7, 11) is 0. The molecule has 7 heteroatoms. The Bertz CT molecular complexity index is 646. The van der Waals surface area contributed by atoms with Crippen LogP contribution in [-0.2, 0) is 9.59 Å². The number of amides is 2. The fourth-order valence-corrected chi connectivity index (χ4v) is 2.87. The van der Waals surface area contributed by atoms with Crippen LogP contribution in [0.25, 0.3) is 0 Å². The summed E-state index contributed by atoms with van der Waals surface area (Å²) in [6.07, 6.45) is 1.29. The van der Waals surface area contributed by atoms with E-state index in [0.29, 0.717) is 37.6 Å². The van der Waals surface area contributed by atoms with Crippen LogP contribution in [0.1, 0.15) is 33.6 Å². The summed E-state index contributed by atoms with van der Waals surface area (Å²) in [5, 5.41) is 3.00. The summed E-state index contributed by atoms with van der Waals surface area (Å²) in [6.45, 7) is 7.06. The molecule has 0 saturated carbocycles. The fourth-order valence-electron chi connectivity index (χ4n) is 2.70. The summed E-state index contributed by atoms with van der Waals surface area (Å²) in [6, 6.07) is 4.11. The lowest BCUT2D eigenvalue weighted by Gasteiger charge is -2.32. The molecule has 1 fully saturated rings. The number of hydrogen-bond donors (Lipinski definition) is 1. The van der Waals surface area contributed by atoms with E-state index >= 15 is 0 Å². The Morgan fingerprint density at radius 2 is 1.96 bits per heavy atom. The molecule has 0 radical (unpaired) electrons. The zero-order valence-corrected chi connectivity index (χ0v) is 16.2. The van der Waals surface area contributed by atoms with E-state index < -0.39 is 5.82 Å². The van der Waals surface area contributed by atoms with Crippen molar-refractivity contribution in [1.29, 1.82) is 0 Å². The number of benzene rings is 1. The van der Waals surface area contributed by atoms with Crippen molar-refractivity contribution in [2.24, 2.45) is 11.8 Å². The summed E-state index contributed by atoms with van der Waals surface area (Å²) in [5.74, 6) is 0.0596. The second-order valence-electron chi connectivity index (χ2n) is 7.06. The molecule has 144 valence electrons. The number of nitrogens with one attached hydrogen (secondary N) is 1. The molecule has 0 spiro atoms. The molecule has 1 aromatic carbocycles. The van der Waals surface area contributed by atoms with Gasteiger partial charge in [-0.2, -0.15) is 0 Å². The second kappa shape index (κ2) is 9.21. The first-order valence-electron chi connectivity index (χ1n) is 8.94. The van der Waals surface area contributed by atoms with Crippen LogP contribution in [0.5, 0.6) is 5.75 Å². The van der Waals surface area contributed by atoms with Gasteiger partial charge in [0.1, 0.15) is 11.6 Å². The number of carbonyl (C=O) groups is 2. The molecule has 5 nitrogen and oxygen atoms in total. The average molecular weight is 385 g/mol. The zero-order chi connectivity index (χ0) is 19.3. The molecule has 1 aliphatic heterocycles. The van der Waals surface area contributed by atoms with Gasteiger partial charge in [-0.3, -0.25) is 9.59 Å². The largest absolute Gasteiger partial charge is 0.484 e. The van der Waals surface area contributed by atoms with Crippen molar-refractivity contribution < 1.29 is 18.7 Å². The molecule has 0 aliphatic carbocycles. The quantitative estimate of drug-likeness (QED) is 0.819. The molecule has 0 bridgehead atoms. The van der Waals surface area contributed by atoms with Crippen LogP contribution in [0.3, 0.4) is 0 Å². The third-order valence-corrected chi connectivity index (χ3v) is 5.13. The molecule has 1 unspecified atom stereocenters. The van der Waals surface area contributed by atoms with Gasteiger partial charge in [-0.25, -0.2) is 4.39 Å². The molecule has 1 aromatic rings. The number of hydrogen-bond acceptors (Lipinski definition) is 3. The fraction of sp³-hybridized carbons (Fsp3) is 0.579. The number of carbonyl (C=O) groups excluding carboxylic acids is 2. The number of piperidine rings is 1. The van der Waals surface area contributed by atoms with Crippen molar-refractivity contribution >= 4 is 23.4 Å². The minimum absolute atomic E-state index is 0.0441. The van der Waals surface area contributed by atoms with Gasteiger partial charge in [-0.05, 0) is 37.8 Å². The smallest absolute Gasteiger partial charge is 0.260 e. The van der Waals surface area contributed by atoms with Gasteiger partial charge in [0, 0.05) is 31.1 Å². The first-order chi connectivity index (χ1) is 12.3. The van der Waals surface area contributed by atoms with Crippen molar-refractivity contribution in [1.82, 2.24) is 10.2 Å². The molecule has 2 rings (SSSR count). The molecule has 1 N–H and O–H groups in total. The van der Waals surface area contributed by atoms with Crippen molar-refractivity contribution in [2.45, 2.75) is 39.7 Å². The summed E-state index contributed by atoms with van der Waals surface area (Å²) >= 11 is 5.69. The topological polar surface area (TPSA) is 58.6 Å². The molecule has 1 atom stereocenters. The predicted molar refractivity (Wildman–Crippen MR) is 98.7 cm³/mol. The van der Waals surface area contributed by atoms with Crippen LogP contribution in [-0.4, -0.2) is 42.5 Å². The van der Waals surface area contributed by atoms with Crippen LogP contribution >= 0.6 is 11.6 Å². The summed E-state index contributed by atoms with van der Waals surface area (Å²) < 4.78 is 18.5. The molecule has 0 aromatic heterocycles. The highest BCUT2D eigenvalue weighted by Crippen LogP contribution is 2.22. The first-order valence-corrected chi connectivity index (χ1v) is 9.31. The second-order valence-corrected chi connectivity index (χ2v) is 7.47. The van der Waals surface area contributed by atoms with Crippen LogP contribution in [0, 0.1) is 17.7 Å². The van der Waals surface area contributed by atoms with Gasteiger partial charge in [-0.1, -0.05) is 25.4 Å². The molecular weight excluding hydrogens is 359 g/mol. The third kappa shape index (κ3) is 5.59. The van der Waals surface area contributed by atoms with E-state index in [1.165, 1.54) is 18.2 Å². The maximum atomic E-state index is 13.1. The minimum atomic E-state index is -0.530. The number of halogens is 2. The number of rotatable bonds is 6. The monoisotopic (exact) mass is 384 g/mol. The lowest BCUT2D eigenvalue weighted by atomic mass is 9.95. The molecule has 1 heterocycles. The van der Waals surface area contributed by atoms with Crippen LogP contribution < -0.4 is 10.1 Å². The zero-order valence-electron chi connectivity index (χ0n) is 15.4. The van der Waals surface area contributed by atoms with E-state index in [-0.39, 0.29) is 35.4 Å². The van der Waals surface area contributed by atoms with Crippen molar-refractivity contribution in [3.05, 3.63) is 29.0 Å². The Balaban J connectivity index is 1.77. The predicted octanol–water partition coefficient (Wildman–Crippen LogP) is 3.26. The highest BCUT2D eigenvalue weighted by molar-refractivity contribution is 6.30. The van der Waals surface area contributed by atoms with E-state index in [1.54, 1.807) is 4.90 Å². The van der Waals surface area contributed by atoms with E-state index in [4.69, 9.17) is 16.3 Å².